The minimum Gasteiger partial charge on any atom is -0.351 e. The summed E-state index contributed by atoms with van der Waals surface area (Å²) in [6.07, 6.45) is 1.87. The second kappa shape index (κ2) is 7.85. The van der Waals surface area contributed by atoms with E-state index >= 15 is 0 Å². The van der Waals surface area contributed by atoms with Gasteiger partial charge in [-0.1, -0.05) is 30.3 Å². The second-order valence-corrected chi connectivity index (χ2v) is 9.64. The largest absolute Gasteiger partial charge is 0.351 e. The molecule has 1 heterocycles. The van der Waals surface area contributed by atoms with E-state index in [2.05, 4.69) is 17.4 Å². The predicted octanol–water partition coefficient (Wildman–Crippen LogP) is 1.64. The van der Waals surface area contributed by atoms with Crippen LogP contribution in [0.1, 0.15) is 32.3 Å². The van der Waals surface area contributed by atoms with Crippen molar-refractivity contribution < 1.29 is 13.2 Å². The first kappa shape index (κ1) is 19.9. The van der Waals surface area contributed by atoms with Gasteiger partial charge in [0.15, 0.2) is 0 Å². The van der Waals surface area contributed by atoms with Crippen molar-refractivity contribution in [2.75, 3.05) is 27.2 Å². The van der Waals surface area contributed by atoms with Crippen molar-refractivity contribution in [1.29, 1.82) is 0 Å². The number of nitrogens with one attached hydrogen (secondary N) is 1. The number of rotatable bonds is 6. The van der Waals surface area contributed by atoms with Gasteiger partial charge in [-0.3, -0.25) is 4.79 Å². The van der Waals surface area contributed by atoms with Gasteiger partial charge in [-0.05, 0) is 38.7 Å². The van der Waals surface area contributed by atoms with Crippen LogP contribution in [0.25, 0.3) is 0 Å². The molecule has 1 fully saturated rings. The van der Waals surface area contributed by atoms with Gasteiger partial charge in [-0.25, -0.2) is 0 Å². The van der Waals surface area contributed by atoms with Crippen molar-refractivity contribution in [2.45, 2.75) is 38.6 Å². The minimum absolute atomic E-state index is 0.0165. The van der Waals surface area contributed by atoms with Gasteiger partial charge in [0.05, 0.1) is 0 Å². The highest BCUT2D eigenvalue weighted by Gasteiger charge is 2.33. The number of hydrogen-bond donors (Lipinski definition) is 1. The van der Waals surface area contributed by atoms with Crippen LogP contribution in [0.2, 0.25) is 0 Å². The maximum Gasteiger partial charge on any atom is 0.281 e. The average Bonchev–Trinajstić information content (AvgIpc) is 2.54. The van der Waals surface area contributed by atoms with Crippen molar-refractivity contribution in [2.24, 2.45) is 5.92 Å². The SMILES string of the molecule is CN(C)S(=O)(=O)N1CCC(C(=O)NC(C)(C)Cc2ccccc2)CC1. The van der Waals surface area contributed by atoms with Crippen LogP contribution in [-0.2, 0) is 21.4 Å². The smallest absolute Gasteiger partial charge is 0.281 e. The van der Waals surface area contributed by atoms with E-state index in [1.807, 2.05) is 32.0 Å². The third-order valence-corrected chi connectivity index (χ3v) is 6.50. The summed E-state index contributed by atoms with van der Waals surface area (Å²) in [5, 5.41) is 3.13. The minimum atomic E-state index is -3.39. The molecule has 0 spiro atoms. The molecule has 1 N–H and O–H groups in total. The summed E-state index contributed by atoms with van der Waals surface area (Å²) in [4.78, 5) is 12.6. The zero-order valence-corrected chi connectivity index (χ0v) is 16.3. The summed E-state index contributed by atoms with van der Waals surface area (Å²) in [6, 6.07) is 10.1. The normalized spacial score (nSPS) is 17.6. The number of carbonyl (C=O) groups is 1. The highest BCUT2D eigenvalue weighted by molar-refractivity contribution is 7.86. The fourth-order valence-electron chi connectivity index (χ4n) is 3.17. The van der Waals surface area contributed by atoms with Gasteiger partial charge in [0.25, 0.3) is 10.2 Å². The van der Waals surface area contributed by atoms with E-state index in [9.17, 15) is 13.2 Å². The first-order valence-electron chi connectivity index (χ1n) is 8.65. The quantitative estimate of drug-likeness (QED) is 0.831. The molecule has 2 rings (SSSR count). The zero-order valence-electron chi connectivity index (χ0n) is 15.5. The molecule has 140 valence electrons. The van der Waals surface area contributed by atoms with Gasteiger partial charge in [-0.2, -0.15) is 17.0 Å². The van der Waals surface area contributed by atoms with Gasteiger partial charge in [0, 0.05) is 38.6 Å². The lowest BCUT2D eigenvalue weighted by Crippen LogP contribution is -2.51. The predicted molar refractivity (Wildman–Crippen MR) is 99.3 cm³/mol. The van der Waals surface area contributed by atoms with Crippen LogP contribution >= 0.6 is 0 Å². The highest BCUT2D eigenvalue weighted by Crippen LogP contribution is 2.22. The van der Waals surface area contributed by atoms with Crippen LogP contribution < -0.4 is 5.32 Å². The van der Waals surface area contributed by atoms with Crippen molar-refractivity contribution in [3.63, 3.8) is 0 Å². The monoisotopic (exact) mass is 367 g/mol. The lowest BCUT2D eigenvalue weighted by atomic mass is 9.91. The Morgan fingerprint density at radius 2 is 1.76 bits per heavy atom. The van der Waals surface area contributed by atoms with Crippen LogP contribution in [0.3, 0.4) is 0 Å². The molecule has 0 atom stereocenters. The Hall–Kier alpha value is -1.44. The van der Waals surface area contributed by atoms with Gasteiger partial charge in [0.1, 0.15) is 0 Å². The highest BCUT2D eigenvalue weighted by atomic mass is 32.2. The van der Waals surface area contributed by atoms with Crippen LogP contribution in [0.15, 0.2) is 30.3 Å². The second-order valence-electron chi connectivity index (χ2n) is 7.50. The number of carbonyl (C=O) groups excluding carboxylic acids is 1. The van der Waals surface area contributed by atoms with E-state index < -0.39 is 10.2 Å². The van der Waals surface area contributed by atoms with E-state index in [1.165, 1.54) is 28.3 Å². The van der Waals surface area contributed by atoms with Crippen LogP contribution in [0, 0.1) is 5.92 Å². The van der Waals surface area contributed by atoms with Crippen LogP contribution in [0.4, 0.5) is 0 Å². The summed E-state index contributed by atoms with van der Waals surface area (Å²) in [5.74, 6) is -0.119. The summed E-state index contributed by atoms with van der Waals surface area (Å²) in [7, 11) is -0.334. The molecule has 0 bridgehead atoms. The molecule has 1 amide bonds. The van der Waals surface area contributed by atoms with E-state index in [0.717, 1.165) is 6.42 Å². The summed E-state index contributed by atoms with van der Waals surface area (Å²) >= 11 is 0. The molecule has 1 aliphatic heterocycles. The van der Waals surface area contributed by atoms with Crippen LogP contribution in [-0.4, -0.2) is 55.7 Å². The number of piperidine rings is 1. The van der Waals surface area contributed by atoms with E-state index in [1.54, 1.807) is 0 Å². The molecule has 1 aliphatic rings. The van der Waals surface area contributed by atoms with Crippen molar-refractivity contribution in [1.82, 2.24) is 13.9 Å². The molecule has 0 unspecified atom stereocenters. The molecule has 0 saturated carbocycles. The Morgan fingerprint density at radius 3 is 2.28 bits per heavy atom. The third-order valence-electron chi connectivity index (χ3n) is 4.56. The fraction of sp³-hybridized carbons (Fsp3) is 0.611. The molecule has 7 heteroatoms. The van der Waals surface area contributed by atoms with E-state index in [-0.39, 0.29) is 17.4 Å². The molecule has 0 aliphatic carbocycles. The van der Waals surface area contributed by atoms with Crippen LogP contribution in [0.5, 0.6) is 0 Å². The first-order chi connectivity index (χ1) is 11.6. The molecular weight excluding hydrogens is 338 g/mol. The maximum atomic E-state index is 12.6. The molecule has 25 heavy (non-hydrogen) atoms. The Kier molecular flexibility index (Phi) is 6.24. The summed E-state index contributed by atoms with van der Waals surface area (Å²) in [5.41, 5.74) is 0.838. The zero-order chi connectivity index (χ0) is 18.7. The van der Waals surface area contributed by atoms with E-state index in [0.29, 0.717) is 25.9 Å². The number of amides is 1. The van der Waals surface area contributed by atoms with Gasteiger partial charge >= 0.3 is 0 Å². The Balaban J connectivity index is 1.90. The van der Waals surface area contributed by atoms with Gasteiger partial charge < -0.3 is 5.32 Å². The average molecular weight is 368 g/mol. The molecular formula is C18H29N3O3S. The lowest BCUT2D eigenvalue weighted by molar-refractivity contribution is -0.127. The maximum absolute atomic E-state index is 12.6. The number of nitrogens with zero attached hydrogens (tertiary/aromatic N) is 2. The van der Waals surface area contributed by atoms with E-state index in [4.69, 9.17) is 0 Å². The molecule has 0 aromatic heterocycles. The summed E-state index contributed by atoms with van der Waals surface area (Å²) < 4.78 is 27.0. The van der Waals surface area contributed by atoms with Gasteiger partial charge in [0.2, 0.25) is 5.91 Å². The fourth-order valence-corrected chi connectivity index (χ4v) is 4.30. The topological polar surface area (TPSA) is 69.7 Å². The Bertz CT molecular complexity index is 679. The molecule has 0 radical (unpaired) electrons. The standard InChI is InChI=1S/C18H29N3O3S/c1-18(2,14-15-8-6-5-7-9-15)19-17(22)16-10-12-21(13-11-16)25(23,24)20(3)4/h5-9,16H,10-14H2,1-4H3,(H,19,22). The van der Waals surface area contributed by atoms with Crippen molar-refractivity contribution >= 4 is 16.1 Å². The molecule has 1 aromatic rings. The Labute approximate surface area is 151 Å². The first-order valence-corrected chi connectivity index (χ1v) is 10.0. The molecule has 1 saturated heterocycles. The third kappa shape index (κ3) is 5.26. The lowest BCUT2D eigenvalue weighted by Gasteiger charge is -2.34. The number of hydrogen-bond acceptors (Lipinski definition) is 3. The van der Waals surface area contributed by atoms with Gasteiger partial charge in [-0.15, -0.1) is 0 Å². The molecule has 6 nitrogen and oxygen atoms in total. The Morgan fingerprint density at radius 1 is 1.20 bits per heavy atom. The molecule has 1 aromatic carbocycles. The van der Waals surface area contributed by atoms with Crippen molar-refractivity contribution in [3.05, 3.63) is 35.9 Å². The summed E-state index contributed by atoms with van der Waals surface area (Å²) in [6.45, 7) is 4.81. The van der Waals surface area contributed by atoms with Crippen molar-refractivity contribution in [3.8, 4) is 0 Å². The number of benzene rings is 1.